The molecule has 0 aliphatic carbocycles. The van der Waals surface area contributed by atoms with E-state index in [9.17, 15) is 22.8 Å². The van der Waals surface area contributed by atoms with Gasteiger partial charge in [-0.1, -0.05) is 30.3 Å². The van der Waals surface area contributed by atoms with Crippen molar-refractivity contribution in [3.05, 3.63) is 145 Å². The molecule has 0 atom stereocenters. The Morgan fingerprint density at radius 2 is 1.20 bits per heavy atom. The number of halogens is 6. The first-order valence-electron chi connectivity index (χ1n) is 11.8. The first kappa shape index (κ1) is 30.1. The summed E-state index contributed by atoms with van der Waals surface area (Å²) >= 11 is 0. The van der Waals surface area contributed by atoms with Crippen molar-refractivity contribution >= 4 is 17.1 Å². The Morgan fingerprint density at radius 3 is 1.68 bits per heavy atom. The lowest BCUT2D eigenvalue weighted by Gasteiger charge is -2.14. The van der Waals surface area contributed by atoms with Crippen LogP contribution < -0.4 is 10.4 Å². The molecule has 4 rings (SSSR count). The van der Waals surface area contributed by atoms with Gasteiger partial charge in [0, 0.05) is 0 Å². The van der Waals surface area contributed by atoms with Crippen molar-refractivity contribution in [3.63, 3.8) is 0 Å². The highest BCUT2D eigenvalue weighted by molar-refractivity contribution is 5.84. The highest BCUT2D eigenvalue weighted by Gasteiger charge is 2.29. The van der Waals surface area contributed by atoms with Gasteiger partial charge in [0.25, 0.3) is 5.70 Å². The van der Waals surface area contributed by atoms with Crippen molar-refractivity contribution in [1.82, 2.24) is 0 Å². The SMILES string of the molecule is [C-]#[N+]/C(c1c(F)c(F)c(C#N)c(F)c1F)=c1/cc(-c2ccc(C#N)c(F)c2)/c(=C(\C#N)[N+]#[C-])cc1-c1ccc([N+]#[C-])c(F)c1. The average molecular weight is 590 g/mol. The zero-order chi connectivity index (χ0) is 32.3. The molecule has 0 unspecified atom stereocenters. The Kier molecular flexibility index (Phi) is 8.17. The quantitative estimate of drug-likeness (QED) is 0.150. The van der Waals surface area contributed by atoms with Crippen LogP contribution >= 0.6 is 0 Å². The third kappa shape index (κ3) is 4.93. The normalized spacial score (nSPS) is 11.5. The summed E-state index contributed by atoms with van der Waals surface area (Å²) in [4.78, 5) is 9.25. The van der Waals surface area contributed by atoms with Crippen LogP contribution in [0.2, 0.25) is 0 Å². The monoisotopic (exact) mass is 590 g/mol. The van der Waals surface area contributed by atoms with Crippen LogP contribution in [0.4, 0.5) is 32.0 Å². The van der Waals surface area contributed by atoms with Gasteiger partial charge in [-0.05, 0) is 50.9 Å². The van der Waals surface area contributed by atoms with Gasteiger partial charge in [0.05, 0.1) is 36.9 Å². The summed E-state index contributed by atoms with van der Waals surface area (Å²) in [6.45, 7) is 22.3. The predicted molar refractivity (Wildman–Crippen MR) is 143 cm³/mol. The molecular weight excluding hydrogens is 582 g/mol. The summed E-state index contributed by atoms with van der Waals surface area (Å²) in [6, 6.07) is 12.5. The van der Waals surface area contributed by atoms with Gasteiger partial charge in [-0.25, -0.2) is 46.1 Å². The largest absolute Gasteiger partial charge is 0.269 e. The number of rotatable bonds is 3. The maximum atomic E-state index is 15.2. The van der Waals surface area contributed by atoms with Crippen LogP contribution in [0.3, 0.4) is 0 Å². The van der Waals surface area contributed by atoms with Crippen molar-refractivity contribution in [1.29, 1.82) is 15.8 Å². The van der Waals surface area contributed by atoms with Crippen molar-refractivity contribution in [3.8, 4) is 40.5 Å². The van der Waals surface area contributed by atoms with Crippen molar-refractivity contribution in [2.75, 3.05) is 0 Å². The standard InChI is InChI=1S/C32H8F6N6/c1-42-25-7-6-16(9-24(25)34)19-10-20(26(14-41)43-2)18(15-4-5-17(12-39)23(33)8-15)11-21(19)32(44-3)27-30(37)28(35)22(13-40)29(36)31(27)38/h4-11H/b26-20+,32-21-. The van der Waals surface area contributed by atoms with Gasteiger partial charge in [0.2, 0.25) is 11.4 Å². The third-order valence-electron chi connectivity index (χ3n) is 6.39. The lowest BCUT2D eigenvalue weighted by atomic mass is 9.92. The molecule has 44 heavy (non-hydrogen) atoms. The fourth-order valence-corrected chi connectivity index (χ4v) is 4.34. The van der Waals surface area contributed by atoms with E-state index in [2.05, 4.69) is 14.5 Å². The molecule has 0 bridgehead atoms. The zero-order valence-electron chi connectivity index (χ0n) is 21.6. The zero-order valence-corrected chi connectivity index (χ0v) is 21.6. The molecule has 0 saturated heterocycles. The van der Waals surface area contributed by atoms with E-state index in [0.717, 1.165) is 42.5 Å². The van der Waals surface area contributed by atoms with Crippen molar-refractivity contribution < 1.29 is 26.3 Å². The minimum Gasteiger partial charge on any atom is -0.237 e. The fourth-order valence-electron chi connectivity index (χ4n) is 4.34. The molecule has 0 aliphatic rings. The minimum absolute atomic E-state index is 0.0855. The molecule has 4 aromatic rings. The molecule has 0 N–H and O–H groups in total. The molecule has 0 aromatic heterocycles. The average Bonchev–Trinajstić information content (AvgIpc) is 3.02. The summed E-state index contributed by atoms with van der Waals surface area (Å²) in [5.41, 5.74) is -6.27. The van der Waals surface area contributed by atoms with Gasteiger partial charge in [0.1, 0.15) is 29.3 Å². The van der Waals surface area contributed by atoms with Gasteiger partial charge >= 0.3 is 0 Å². The first-order chi connectivity index (χ1) is 21.1. The van der Waals surface area contributed by atoms with Crippen LogP contribution in [0.1, 0.15) is 16.7 Å². The summed E-state index contributed by atoms with van der Waals surface area (Å²) < 4.78 is 89.2. The Bertz CT molecular complexity index is 2280. The van der Waals surface area contributed by atoms with Gasteiger partial charge in [0.15, 0.2) is 23.3 Å². The third-order valence-corrected chi connectivity index (χ3v) is 6.39. The predicted octanol–water partition coefficient (Wildman–Crippen LogP) is 6.78. The van der Waals surface area contributed by atoms with Crippen molar-refractivity contribution in [2.24, 2.45) is 0 Å². The molecule has 4 aromatic carbocycles. The molecule has 0 heterocycles. The van der Waals surface area contributed by atoms with Gasteiger partial charge in [-0.3, -0.25) is 0 Å². The molecular formula is C32H8F6N6. The summed E-state index contributed by atoms with van der Waals surface area (Å²) in [5, 5.41) is 27.0. The molecule has 208 valence electrons. The first-order valence-corrected chi connectivity index (χ1v) is 11.8. The Balaban J connectivity index is 2.37. The fraction of sp³-hybridized carbons (Fsp3) is 0. The second-order valence-corrected chi connectivity index (χ2v) is 8.68. The molecule has 0 fully saturated rings. The molecule has 0 radical (unpaired) electrons. The molecule has 0 aliphatic heterocycles. The molecule has 12 heteroatoms. The highest BCUT2D eigenvalue weighted by Crippen LogP contribution is 2.31. The molecule has 6 nitrogen and oxygen atoms in total. The van der Waals surface area contributed by atoms with Crippen LogP contribution in [-0.2, 0) is 0 Å². The van der Waals surface area contributed by atoms with E-state index < -0.39 is 68.3 Å². The summed E-state index contributed by atoms with van der Waals surface area (Å²) in [7, 11) is 0. The number of benzene rings is 4. The lowest BCUT2D eigenvalue weighted by molar-refractivity contribution is 0.446. The smallest absolute Gasteiger partial charge is 0.237 e. The van der Waals surface area contributed by atoms with Crippen LogP contribution in [-0.4, -0.2) is 0 Å². The van der Waals surface area contributed by atoms with E-state index in [1.165, 1.54) is 12.1 Å². The van der Waals surface area contributed by atoms with E-state index in [1.54, 1.807) is 12.1 Å². The summed E-state index contributed by atoms with van der Waals surface area (Å²) in [6.07, 6.45) is 0. The van der Waals surface area contributed by atoms with Crippen molar-refractivity contribution in [2.45, 2.75) is 0 Å². The number of hydrogen-bond acceptors (Lipinski definition) is 3. The maximum Gasteiger partial charge on any atom is 0.269 e. The maximum absolute atomic E-state index is 15.2. The van der Waals surface area contributed by atoms with Gasteiger partial charge < -0.3 is 0 Å². The number of hydrogen-bond donors (Lipinski definition) is 0. The van der Waals surface area contributed by atoms with Crippen LogP contribution in [0, 0.1) is 88.6 Å². The molecule has 0 saturated carbocycles. The molecule has 0 amide bonds. The number of nitrogens with zero attached hydrogens (tertiary/aromatic N) is 6. The highest BCUT2D eigenvalue weighted by atomic mass is 19.2. The Labute approximate surface area is 244 Å². The Morgan fingerprint density at radius 1 is 0.636 bits per heavy atom. The lowest BCUT2D eigenvalue weighted by Crippen LogP contribution is -2.20. The van der Waals surface area contributed by atoms with E-state index in [1.807, 2.05) is 0 Å². The second-order valence-electron chi connectivity index (χ2n) is 8.68. The minimum atomic E-state index is -2.09. The topological polar surface area (TPSA) is 84.4 Å². The molecule has 0 spiro atoms. The summed E-state index contributed by atoms with van der Waals surface area (Å²) in [5.74, 6) is -10.4. The van der Waals surface area contributed by atoms with E-state index in [0.29, 0.717) is 0 Å². The van der Waals surface area contributed by atoms with Crippen LogP contribution in [0.25, 0.3) is 48.2 Å². The van der Waals surface area contributed by atoms with E-state index in [-0.39, 0.29) is 33.0 Å². The van der Waals surface area contributed by atoms with Gasteiger partial charge in [-0.15, -0.1) is 0 Å². The van der Waals surface area contributed by atoms with Crippen LogP contribution in [0.5, 0.6) is 0 Å². The number of nitriles is 3. The van der Waals surface area contributed by atoms with Crippen LogP contribution in [0.15, 0.2) is 48.5 Å². The van der Waals surface area contributed by atoms with Gasteiger partial charge in [-0.2, -0.15) is 10.5 Å². The Hall–Kier alpha value is -6.86. The second kappa shape index (κ2) is 11.9. The van der Waals surface area contributed by atoms with E-state index in [4.69, 9.17) is 30.2 Å². The van der Waals surface area contributed by atoms with E-state index >= 15 is 8.78 Å².